The first-order valence-corrected chi connectivity index (χ1v) is 6.21. The number of hydrogen-bond donors (Lipinski definition) is 1. The van der Waals surface area contributed by atoms with Crippen LogP contribution in [0.15, 0.2) is 0 Å². The van der Waals surface area contributed by atoms with E-state index >= 15 is 0 Å². The van der Waals surface area contributed by atoms with Crippen LogP contribution >= 0.6 is 0 Å². The molecule has 1 N–H and O–H groups in total. The molecule has 1 unspecified atom stereocenters. The van der Waals surface area contributed by atoms with Gasteiger partial charge >= 0.3 is 0 Å². The van der Waals surface area contributed by atoms with E-state index in [1.807, 2.05) is 13.8 Å². The van der Waals surface area contributed by atoms with E-state index in [1.165, 1.54) is 6.42 Å². The summed E-state index contributed by atoms with van der Waals surface area (Å²) in [5.41, 5.74) is -0.0655. The molecule has 1 saturated carbocycles. The fourth-order valence-electron chi connectivity index (χ4n) is 3.41. The molecule has 0 aromatic heterocycles. The summed E-state index contributed by atoms with van der Waals surface area (Å²) >= 11 is 0. The van der Waals surface area contributed by atoms with Gasteiger partial charge in [-0.2, -0.15) is 0 Å². The van der Waals surface area contributed by atoms with Crippen LogP contribution in [-0.4, -0.2) is 41.4 Å². The first-order valence-electron chi connectivity index (χ1n) is 6.21. The molecule has 4 heteroatoms. The number of alkyl halides is 1. The molecule has 0 aromatic rings. The Morgan fingerprint density at radius 2 is 2.00 bits per heavy atom. The van der Waals surface area contributed by atoms with Crippen molar-refractivity contribution < 1.29 is 14.2 Å². The zero-order valence-corrected chi connectivity index (χ0v) is 10.2. The molecule has 2 nitrogen and oxygen atoms in total. The summed E-state index contributed by atoms with van der Waals surface area (Å²) in [5, 5.41) is 9.41. The Morgan fingerprint density at radius 1 is 1.41 bits per heavy atom. The van der Waals surface area contributed by atoms with E-state index < -0.39 is 6.17 Å². The molecular formula is C13H27F2NO. The Bertz CT molecular complexity index is 252. The quantitative estimate of drug-likeness (QED) is 0.774. The number of aliphatic hydroxyl groups excluding tert-OH is 1. The number of halogens is 2. The van der Waals surface area contributed by atoms with E-state index in [-0.39, 0.29) is 29.7 Å². The van der Waals surface area contributed by atoms with Crippen LogP contribution in [0, 0.1) is 5.41 Å². The van der Waals surface area contributed by atoms with Gasteiger partial charge < -0.3 is 5.11 Å². The highest BCUT2D eigenvalue weighted by Gasteiger charge is 2.66. The van der Waals surface area contributed by atoms with Crippen LogP contribution in [0.3, 0.4) is 0 Å². The topological polar surface area (TPSA) is 23.5 Å². The normalized spacial score (nSPS) is 42.0. The third kappa shape index (κ3) is 2.34. The van der Waals surface area contributed by atoms with Gasteiger partial charge in [0.1, 0.15) is 6.17 Å². The lowest BCUT2D eigenvalue weighted by Crippen LogP contribution is -2.41. The second kappa shape index (κ2) is 5.61. The van der Waals surface area contributed by atoms with E-state index in [1.54, 1.807) is 0 Å². The van der Waals surface area contributed by atoms with Gasteiger partial charge in [-0.25, -0.2) is 4.39 Å². The lowest BCUT2D eigenvalue weighted by atomic mass is 9.89. The van der Waals surface area contributed by atoms with Crippen molar-refractivity contribution in [1.82, 2.24) is 4.90 Å². The van der Waals surface area contributed by atoms with Gasteiger partial charge in [0, 0.05) is 17.5 Å². The molecule has 2 heterocycles. The maximum absolute atomic E-state index is 13.2. The van der Waals surface area contributed by atoms with Crippen molar-refractivity contribution in [3.63, 3.8) is 0 Å². The van der Waals surface area contributed by atoms with Crippen LogP contribution in [0.5, 0.6) is 0 Å². The van der Waals surface area contributed by atoms with Gasteiger partial charge in [0.15, 0.2) is 0 Å². The smallest absolute Gasteiger partial charge is 0.108 e. The summed E-state index contributed by atoms with van der Waals surface area (Å²) < 4.78 is 13.2. The lowest BCUT2D eigenvalue weighted by molar-refractivity contribution is 0.0996. The molecule has 3 atom stereocenters. The van der Waals surface area contributed by atoms with Crippen molar-refractivity contribution in [2.45, 2.75) is 58.7 Å². The third-order valence-electron chi connectivity index (χ3n) is 4.31. The maximum Gasteiger partial charge on any atom is 0.108 e. The average Bonchev–Trinajstić information content (AvgIpc) is 2.62. The van der Waals surface area contributed by atoms with Crippen LogP contribution in [0.4, 0.5) is 9.09 Å². The highest BCUT2D eigenvalue weighted by atomic mass is 19.1. The molecule has 3 aliphatic rings. The Hall–Kier alpha value is -0.220. The lowest BCUT2D eigenvalue weighted by Gasteiger charge is -2.29. The van der Waals surface area contributed by atoms with Crippen molar-refractivity contribution in [2.24, 2.45) is 5.41 Å². The minimum Gasteiger partial charge on any atom is -0.394 e. The minimum atomic E-state index is -0.582. The molecule has 0 aromatic carbocycles. The summed E-state index contributed by atoms with van der Waals surface area (Å²) in [6, 6.07) is 0. The molecule has 104 valence electrons. The molecule has 1 spiro atoms. The van der Waals surface area contributed by atoms with Crippen LogP contribution < -0.4 is 0 Å². The predicted octanol–water partition coefficient (Wildman–Crippen LogP) is 2.76. The van der Waals surface area contributed by atoms with Crippen molar-refractivity contribution in [3.05, 3.63) is 0 Å². The van der Waals surface area contributed by atoms with Gasteiger partial charge in [0.05, 0.1) is 6.61 Å². The van der Waals surface area contributed by atoms with E-state index in [0.29, 0.717) is 0 Å². The second-order valence-electron chi connectivity index (χ2n) is 5.12. The van der Waals surface area contributed by atoms with Gasteiger partial charge in [0.25, 0.3) is 0 Å². The van der Waals surface area contributed by atoms with Gasteiger partial charge in [-0.15, -0.1) is 0 Å². The van der Waals surface area contributed by atoms with Crippen LogP contribution in [0.1, 0.15) is 47.0 Å². The fraction of sp³-hybridized carbons (Fsp3) is 1.00. The zero-order valence-electron chi connectivity index (χ0n) is 10.2. The molecule has 2 aliphatic heterocycles. The molecular weight excluding hydrogens is 224 g/mol. The molecule has 1 aliphatic carbocycles. The first-order chi connectivity index (χ1) is 7.21. The third-order valence-corrected chi connectivity index (χ3v) is 4.31. The molecule has 3 rings (SSSR count). The van der Waals surface area contributed by atoms with Crippen molar-refractivity contribution in [2.75, 3.05) is 19.7 Å². The molecule has 17 heavy (non-hydrogen) atoms. The fourth-order valence-corrected chi connectivity index (χ4v) is 3.41. The highest BCUT2D eigenvalue weighted by molar-refractivity contribution is 5.18. The summed E-state index contributed by atoms with van der Waals surface area (Å²) in [6.07, 6.45) is 3.30. The zero-order chi connectivity index (χ0) is 11.1. The second-order valence-corrected chi connectivity index (χ2v) is 5.12. The monoisotopic (exact) mass is 251 g/mol. The van der Waals surface area contributed by atoms with Gasteiger partial charge in [-0.1, -0.05) is 21.3 Å². The molecule has 0 radical (unpaired) electrons. The molecule has 0 bridgehead atoms. The molecule has 3 fully saturated rings. The van der Waals surface area contributed by atoms with Gasteiger partial charge in [-0.3, -0.25) is 9.60 Å². The van der Waals surface area contributed by atoms with Crippen LogP contribution in [0.25, 0.3) is 0 Å². The summed E-state index contributed by atoms with van der Waals surface area (Å²) in [6.45, 7) is 6.19. The summed E-state index contributed by atoms with van der Waals surface area (Å²) in [5.74, 6) is 0. The Morgan fingerprint density at radius 3 is 2.41 bits per heavy atom. The average molecular weight is 251 g/mol. The predicted molar refractivity (Wildman–Crippen MR) is 67.8 cm³/mol. The number of aliphatic hydroxyl groups is 1. The largest absolute Gasteiger partial charge is 0.394 e. The molecule has 0 amide bonds. The molecule has 2 saturated heterocycles. The SMILES string of the molecule is C.CC.F.OC[C@@]12CCCN1C[C@@]1(CC1F)C2. The van der Waals surface area contributed by atoms with Gasteiger partial charge in [0.2, 0.25) is 0 Å². The van der Waals surface area contributed by atoms with E-state index in [4.69, 9.17) is 0 Å². The number of fused-ring (bicyclic) bond motifs is 1. The summed E-state index contributed by atoms with van der Waals surface area (Å²) in [7, 11) is 0. The van der Waals surface area contributed by atoms with Gasteiger partial charge in [-0.05, 0) is 32.2 Å². The van der Waals surface area contributed by atoms with E-state index in [0.717, 1.165) is 32.4 Å². The van der Waals surface area contributed by atoms with E-state index in [2.05, 4.69) is 4.90 Å². The number of rotatable bonds is 1. The maximum atomic E-state index is 13.2. The Kier molecular flexibility index (Phi) is 5.54. The van der Waals surface area contributed by atoms with Crippen molar-refractivity contribution in [3.8, 4) is 0 Å². The minimum absolute atomic E-state index is 0. The summed E-state index contributed by atoms with van der Waals surface area (Å²) in [4.78, 5) is 2.33. The van der Waals surface area contributed by atoms with E-state index in [9.17, 15) is 9.50 Å². The first kappa shape index (κ1) is 16.8. The Balaban J connectivity index is 0.000000611. The number of hydrogen-bond acceptors (Lipinski definition) is 2. The Labute approximate surface area is 104 Å². The standard InChI is InChI=1S/C10H16FNO.C2H6.CH4.FH/c11-8-4-9(8)5-10(7-13)2-1-3-12(10)6-9;1-2;;/h8,13H,1-7H2;1-2H3;1H4;1H/t8?,9-,10+;;;/m1.../s1. The van der Waals surface area contributed by atoms with Crippen molar-refractivity contribution >= 4 is 0 Å². The number of nitrogens with zero attached hydrogens (tertiary/aromatic N) is 1. The highest BCUT2D eigenvalue weighted by Crippen LogP contribution is 2.61. The van der Waals surface area contributed by atoms with Crippen LogP contribution in [0.2, 0.25) is 0 Å². The van der Waals surface area contributed by atoms with Crippen LogP contribution in [-0.2, 0) is 0 Å². The van der Waals surface area contributed by atoms with Crippen molar-refractivity contribution in [1.29, 1.82) is 0 Å².